The van der Waals surface area contributed by atoms with E-state index in [1.807, 2.05) is 0 Å². The molecule has 2 aromatic rings. The van der Waals surface area contributed by atoms with E-state index >= 15 is 0 Å². The van der Waals surface area contributed by atoms with Gasteiger partial charge in [0.2, 0.25) is 0 Å². The molecule has 2 aliphatic rings. The molecule has 4 rings (SSSR count). The number of benzene rings is 1. The smallest absolute Gasteiger partial charge is 0.119 e. The lowest BCUT2D eigenvalue weighted by atomic mass is 10.3. The average molecular weight is 321 g/mol. The second-order valence-corrected chi connectivity index (χ2v) is 4.78. The zero-order chi connectivity index (χ0) is 16.3. The molecule has 1 aromatic heterocycles. The highest BCUT2D eigenvalue weighted by atomic mass is 16.6. The molecule has 1 aromatic carbocycles. The number of rotatable bonds is 4. The minimum absolute atomic E-state index is 0.0880. The fourth-order valence-electron chi connectivity index (χ4n) is 1.36. The molecule has 2 aliphatic heterocycles. The van der Waals surface area contributed by atoms with Crippen LogP contribution in [0.3, 0.4) is 0 Å². The molecule has 0 radical (unpaired) electrons. The van der Waals surface area contributed by atoms with Crippen LogP contribution in [0.25, 0.3) is 0 Å². The molecule has 0 amide bonds. The Morgan fingerprint density at radius 1 is 0.957 bits per heavy atom. The lowest BCUT2D eigenvalue weighted by Crippen LogP contribution is -2.06. The van der Waals surface area contributed by atoms with Gasteiger partial charge in [0, 0.05) is 6.07 Å². The van der Waals surface area contributed by atoms with Gasteiger partial charge in [0.25, 0.3) is 0 Å². The Kier molecular flexibility index (Phi) is 7.18. The summed E-state index contributed by atoms with van der Waals surface area (Å²) in [5.74, 6) is 0.176. The van der Waals surface area contributed by atoms with Gasteiger partial charge in [-0.25, -0.2) is 0 Å². The number of aromatic hydroxyl groups is 2. The molecule has 0 bridgehead atoms. The first-order valence-electron chi connectivity index (χ1n) is 7.11. The van der Waals surface area contributed by atoms with E-state index in [1.54, 1.807) is 24.5 Å². The SMILES string of the molecule is C(OCC1CO1)C1CO1.Oc1cccc(O)c1.c1cnnnc1. The van der Waals surface area contributed by atoms with E-state index in [0.29, 0.717) is 12.2 Å². The summed E-state index contributed by atoms with van der Waals surface area (Å²) in [4.78, 5) is 0. The minimum Gasteiger partial charge on any atom is -0.508 e. The van der Waals surface area contributed by atoms with Crippen LogP contribution in [-0.4, -0.2) is 64.3 Å². The van der Waals surface area contributed by atoms with Crippen LogP contribution in [0.15, 0.2) is 42.7 Å². The van der Waals surface area contributed by atoms with Gasteiger partial charge in [0.1, 0.15) is 23.7 Å². The van der Waals surface area contributed by atoms with E-state index in [4.69, 9.17) is 24.4 Å². The maximum absolute atomic E-state index is 8.65. The number of nitrogens with zero attached hydrogens (tertiary/aromatic N) is 3. The van der Waals surface area contributed by atoms with Crippen molar-refractivity contribution in [3.63, 3.8) is 0 Å². The van der Waals surface area contributed by atoms with Crippen LogP contribution in [-0.2, 0) is 14.2 Å². The third kappa shape index (κ3) is 9.35. The van der Waals surface area contributed by atoms with Crippen molar-refractivity contribution >= 4 is 0 Å². The molecule has 3 heterocycles. The first kappa shape index (κ1) is 17.1. The monoisotopic (exact) mass is 321 g/mol. The summed E-state index contributed by atoms with van der Waals surface area (Å²) in [5, 5.41) is 27.4. The van der Waals surface area contributed by atoms with Crippen LogP contribution in [0.2, 0.25) is 0 Å². The fourth-order valence-corrected chi connectivity index (χ4v) is 1.36. The van der Waals surface area contributed by atoms with Gasteiger partial charge in [-0.1, -0.05) is 6.07 Å². The zero-order valence-corrected chi connectivity index (χ0v) is 12.5. The van der Waals surface area contributed by atoms with Crippen molar-refractivity contribution in [2.75, 3.05) is 26.4 Å². The van der Waals surface area contributed by atoms with Crippen molar-refractivity contribution in [1.82, 2.24) is 15.4 Å². The summed E-state index contributed by atoms with van der Waals surface area (Å²) in [6.45, 7) is 3.26. The lowest BCUT2D eigenvalue weighted by Gasteiger charge is -1.95. The second-order valence-electron chi connectivity index (χ2n) is 4.78. The van der Waals surface area contributed by atoms with Crippen LogP contribution in [0.4, 0.5) is 0 Å². The maximum atomic E-state index is 8.65. The Morgan fingerprint density at radius 2 is 1.48 bits per heavy atom. The van der Waals surface area contributed by atoms with E-state index < -0.39 is 0 Å². The van der Waals surface area contributed by atoms with Gasteiger partial charge in [-0.2, -0.15) is 0 Å². The summed E-state index contributed by atoms with van der Waals surface area (Å²) in [6.07, 6.45) is 3.94. The number of epoxide rings is 2. The topological polar surface area (TPSA) is 113 Å². The minimum atomic E-state index is 0.0880. The highest BCUT2D eigenvalue weighted by Crippen LogP contribution is 2.15. The van der Waals surface area contributed by atoms with Crippen LogP contribution >= 0.6 is 0 Å². The molecule has 2 fully saturated rings. The van der Waals surface area contributed by atoms with Crippen molar-refractivity contribution in [3.05, 3.63) is 42.7 Å². The van der Waals surface area contributed by atoms with Crippen molar-refractivity contribution in [2.45, 2.75) is 12.2 Å². The quantitative estimate of drug-likeness (QED) is 0.794. The Hall–Kier alpha value is -2.29. The Balaban J connectivity index is 0.000000128. The molecule has 2 saturated heterocycles. The molecule has 0 saturated carbocycles. The van der Waals surface area contributed by atoms with Gasteiger partial charge in [0.15, 0.2) is 0 Å². The number of hydrogen-bond donors (Lipinski definition) is 2. The van der Waals surface area contributed by atoms with Crippen molar-refractivity contribution in [3.8, 4) is 11.5 Å². The Labute approximate surface area is 133 Å². The standard InChI is InChI=1S/C6H10O3.C6H6O2.C3H3N3/c1(5-3-8-5)7-2-6-4-9-6;7-5-2-1-3-6(8)4-5;1-2-4-6-5-3-1/h5-6H,1-4H2;1-4,7-8H;1-3H. The lowest BCUT2D eigenvalue weighted by molar-refractivity contribution is 0.102. The number of phenols is 2. The highest BCUT2D eigenvalue weighted by molar-refractivity contribution is 5.30. The molecule has 2 N–H and O–H groups in total. The summed E-state index contributed by atoms with van der Waals surface area (Å²) in [5.41, 5.74) is 0. The maximum Gasteiger partial charge on any atom is 0.119 e. The number of phenolic OH excluding ortho intramolecular Hbond substituents is 2. The molecule has 2 unspecified atom stereocenters. The first-order valence-corrected chi connectivity index (χ1v) is 7.11. The van der Waals surface area contributed by atoms with Gasteiger partial charge in [-0.05, 0) is 23.4 Å². The molecule has 0 spiro atoms. The van der Waals surface area contributed by atoms with Crippen LogP contribution in [0, 0.1) is 0 Å². The fraction of sp³-hybridized carbons (Fsp3) is 0.400. The average Bonchev–Trinajstić information content (AvgIpc) is 3.46. The number of hydrogen-bond acceptors (Lipinski definition) is 8. The highest BCUT2D eigenvalue weighted by Gasteiger charge is 2.26. The number of ether oxygens (including phenoxy) is 3. The normalized spacial score (nSPS) is 20.3. The third-order valence-electron chi connectivity index (χ3n) is 2.65. The largest absolute Gasteiger partial charge is 0.508 e. The second kappa shape index (κ2) is 9.67. The number of aromatic nitrogens is 3. The van der Waals surface area contributed by atoms with E-state index in [1.165, 1.54) is 18.2 Å². The molecule has 8 nitrogen and oxygen atoms in total. The predicted octanol–water partition coefficient (Wildman–Crippen LogP) is 0.770. The molecule has 23 heavy (non-hydrogen) atoms. The molecule has 8 heteroatoms. The van der Waals surface area contributed by atoms with Gasteiger partial charge in [-0.15, -0.1) is 10.2 Å². The molecule has 0 aliphatic carbocycles. The Morgan fingerprint density at radius 3 is 1.74 bits per heavy atom. The molecular weight excluding hydrogens is 302 g/mol. The van der Waals surface area contributed by atoms with E-state index in [-0.39, 0.29) is 11.5 Å². The van der Waals surface area contributed by atoms with Gasteiger partial charge < -0.3 is 24.4 Å². The predicted molar refractivity (Wildman–Crippen MR) is 79.9 cm³/mol. The van der Waals surface area contributed by atoms with E-state index in [9.17, 15) is 0 Å². The van der Waals surface area contributed by atoms with Crippen LogP contribution < -0.4 is 0 Å². The summed E-state index contributed by atoms with van der Waals surface area (Å²) in [6, 6.07) is 7.57. The Bertz CT molecular complexity index is 494. The van der Waals surface area contributed by atoms with Gasteiger partial charge in [-0.3, -0.25) is 0 Å². The van der Waals surface area contributed by atoms with Crippen molar-refractivity contribution in [1.29, 1.82) is 0 Å². The van der Waals surface area contributed by atoms with Crippen LogP contribution in [0.1, 0.15) is 0 Å². The zero-order valence-electron chi connectivity index (χ0n) is 12.5. The van der Waals surface area contributed by atoms with Gasteiger partial charge >= 0.3 is 0 Å². The third-order valence-corrected chi connectivity index (χ3v) is 2.65. The van der Waals surface area contributed by atoms with Crippen molar-refractivity contribution < 1.29 is 24.4 Å². The molecular formula is C15H19N3O5. The van der Waals surface area contributed by atoms with Gasteiger partial charge in [0.05, 0.1) is 38.8 Å². The summed E-state index contributed by atoms with van der Waals surface area (Å²) >= 11 is 0. The van der Waals surface area contributed by atoms with Crippen molar-refractivity contribution in [2.24, 2.45) is 0 Å². The molecule has 2 atom stereocenters. The summed E-state index contributed by atoms with van der Waals surface area (Å²) in [7, 11) is 0. The molecule has 124 valence electrons. The van der Waals surface area contributed by atoms with Crippen LogP contribution in [0.5, 0.6) is 11.5 Å². The van der Waals surface area contributed by atoms with E-state index in [0.717, 1.165) is 26.4 Å². The summed E-state index contributed by atoms with van der Waals surface area (Å²) < 4.78 is 15.1. The first-order chi connectivity index (χ1) is 11.2. The van der Waals surface area contributed by atoms with E-state index in [2.05, 4.69) is 15.4 Å².